The second-order valence-corrected chi connectivity index (χ2v) is 5.20. The van der Waals surface area contributed by atoms with Gasteiger partial charge in [0.05, 0.1) is 6.61 Å². The van der Waals surface area contributed by atoms with E-state index >= 15 is 0 Å². The summed E-state index contributed by atoms with van der Waals surface area (Å²) < 4.78 is 0. The van der Waals surface area contributed by atoms with E-state index in [0.717, 1.165) is 18.4 Å². The van der Waals surface area contributed by atoms with Crippen molar-refractivity contribution in [3.8, 4) is 0 Å². The van der Waals surface area contributed by atoms with Gasteiger partial charge >= 0.3 is 0 Å². The molecule has 3 nitrogen and oxygen atoms in total. The zero-order valence-electron chi connectivity index (χ0n) is 10.0. The molecule has 1 saturated carbocycles. The summed E-state index contributed by atoms with van der Waals surface area (Å²) in [5.41, 5.74) is 0.877. The molecule has 0 heterocycles. The number of halogens is 1. The molecule has 0 unspecified atom stereocenters. The Bertz CT molecular complexity index is 449. The lowest BCUT2D eigenvalue weighted by atomic mass is 10.1. The lowest BCUT2D eigenvalue weighted by molar-refractivity contribution is -0.116. The highest BCUT2D eigenvalue weighted by molar-refractivity contribution is 6.30. The van der Waals surface area contributed by atoms with Crippen molar-refractivity contribution in [1.82, 2.24) is 5.32 Å². The molecule has 96 valence electrons. The van der Waals surface area contributed by atoms with E-state index in [1.165, 1.54) is 6.08 Å². The van der Waals surface area contributed by atoms with Gasteiger partial charge in [-0.15, -0.1) is 0 Å². The van der Waals surface area contributed by atoms with Crippen LogP contribution < -0.4 is 5.32 Å². The van der Waals surface area contributed by atoms with Crippen molar-refractivity contribution in [2.75, 3.05) is 13.2 Å². The summed E-state index contributed by atoms with van der Waals surface area (Å²) >= 11 is 5.77. The van der Waals surface area contributed by atoms with Gasteiger partial charge in [0.1, 0.15) is 0 Å². The largest absolute Gasteiger partial charge is 0.396 e. The van der Waals surface area contributed by atoms with Crippen molar-refractivity contribution >= 4 is 23.6 Å². The van der Waals surface area contributed by atoms with Crippen LogP contribution >= 0.6 is 11.6 Å². The third-order valence-electron chi connectivity index (χ3n) is 3.23. The van der Waals surface area contributed by atoms with E-state index in [1.807, 2.05) is 12.1 Å². The topological polar surface area (TPSA) is 49.3 Å². The van der Waals surface area contributed by atoms with Gasteiger partial charge in [-0.2, -0.15) is 0 Å². The average Bonchev–Trinajstić information content (AvgIpc) is 3.16. The van der Waals surface area contributed by atoms with Crippen molar-refractivity contribution in [2.24, 2.45) is 5.41 Å². The first-order chi connectivity index (χ1) is 8.63. The maximum Gasteiger partial charge on any atom is 0.244 e. The Hall–Kier alpha value is -1.32. The van der Waals surface area contributed by atoms with Crippen LogP contribution in [-0.2, 0) is 4.79 Å². The fourth-order valence-corrected chi connectivity index (χ4v) is 1.77. The van der Waals surface area contributed by atoms with Crippen LogP contribution in [0.2, 0.25) is 5.02 Å². The highest BCUT2D eigenvalue weighted by Gasteiger charge is 2.41. The van der Waals surface area contributed by atoms with Crippen LogP contribution in [-0.4, -0.2) is 24.2 Å². The van der Waals surface area contributed by atoms with Gasteiger partial charge in [0.25, 0.3) is 0 Å². The number of nitrogens with one attached hydrogen (secondary N) is 1. The number of rotatable bonds is 5. The maximum atomic E-state index is 11.6. The van der Waals surface area contributed by atoms with E-state index < -0.39 is 0 Å². The first-order valence-corrected chi connectivity index (χ1v) is 6.34. The molecule has 0 aliphatic heterocycles. The number of benzene rings is 1. The zero-order valence-corrected chi connectivity index (χ0v) is 10.8. The highest BCUT2D eigenvalue weighted by atomic mass is 35.5. The molecule has 1 aliphatic carbocycles. The van der Waals surface area contributed by atoms with Crippen LogP contribution in [0, 0.1) is 5.41 Å². The van der Waals surface area contributed by atoms with Gasteiger partial charge in [-0.25, -0.2) is 0 Å². The Morgan fingerprint density at radius 2 is 2.06 bits per heavy atom. The van der Waals surface area contributed by atoms with Crippen molar-refractivity contribution in [1.29, 1.82) is 0 Å². The van der Waals surface area contributed by atoms with E-state index in [0.29, 0.717) is 11.6 Å². The molecule has 0 bridgehead atoms. The van der Waals surface area contributed by atoms with Gasteiger partial charge in [0, 0.05) is 23.1 Å². The smallest absolute Gasteiger partial charge is 0.244 e. The lowest BCUT2D eigenvalue weighted by Gasteiger charge is -2.10. The molecule has 1 fully saturated rings. The van der Waals surface area contributed by atoms with Gasteiger partial charge in [-0.1, -0.05) is 23.7 Å². The van der Waals surface area contributed by atoms with Gasteiger partial charge in [0.15, 0.2) is 0 Å². The van der Waals surface area contributed by atoms with Crippen molar-refractivity contribution < 1.29 is 9.90 Å². The molecule has 0 atom stereocenters. The van der Waals surface area contributed by atoms with Crippen LogP contribution in [0.15, 0.2) is 30.3 Å². The van der Waals surface area contributed by atoms with E-state index in [9.17, 15) is 4.79 Å². The molecule has 1 aromatic carbocycles. The SMILES string of the molecule is O=C(/C=C/c1ccc(Cl)cc1)NCC1(CO)CC1. The van der Waals surface area contributed by atoms with Crippen molar-refractivity contribution in [3.63, 3.8) is 0 Å². The van der Waals surface area contributed by atoms with Crippen LogP contribution in [0.5, 0.6) is 0 Å². The number of carbonyl (C=O) groups excluding carboxylic acids is 1. The molecule has 2 rings (SSSR count). The second-order valence-electron chi connectivity index (χ2n) is 4.76. The minimum atomic E-state index is -0.135. The maximum absolute atomic E-state index is 11.6. The monoisotopic (exact) mass is 265 g/mol. The first-order valence-electron chi connectivity index (χ1n) is 5.96. The summed E-state index contributed by atoms with van der Waals surface area (Å²) in [7, 11) is 0. The summed E-state index contributed by atoms with van der Waals surface area (Å²) in [6.45, 7) is 0.696. The molecule has 4 heteroatoms. The van der Waals surface area contributed by atoms with Crippen LogP contribution in [0.25, 0.3) is 6.08 Å². The van der Waals surface area contributed by atoms with Crippen molar-refractivity contribution in [3.05, 3.63) is 40.9 Å². The minimum absolute atomic E-state index is 0.0518. The Morgan fingerprint density at radius 1 is 1.39 bits per heavy atom. The number of amides is 1. The van der Waals surface area contributed by atoms with Gasteiger partial charge in [0.2, 0.25) is 5.91 Å². The van der Waals surface area contributed by atoms with E-state index in [2.05, 4.69) is 5.32 Å². The van der Waals surface area contributed by atoms with E-state index in [-0.39, 0.29) is 17.9 Å². The normalized spacial score (nSPS) is 16.8. The molecule has 0 aromatic heterocycles. The highest BCUT2D eigenvalue weighted by Crippen LogP contribution is 2.44. The zero-order chi connectivity index (χ0) is 13.0. The molecule has 18 heavy (non-hydrogen) atoms. The third-order valence-corrected chi connectivity index (χ3v) is 3.48. The molecule has 0 spiro atoms. The molecule has 1 aliphatic rings. The summed E-state index contributed by atoms with van der Waals surface area (Å²) in [5, 5.41) is 12.6. The predicted molar refractivity (Wildman–Crippen MR) is 72.2 cm³/mol. The summed E-state index contributed by atoms with van der Waals surface area (Å²) in [5.74, 6) is -0.135. The molecule has 1 aromatic rings. The second kappa shape index (κ2) is 5.55. The Labute approximate surface area is 111 Å². The molecular formula is C14H16ClNO2. The van der Waals surface area contributed by atoms with E-state index in [4.69, 9.17) is 16.7 Å². The molecule has 0 saturated heterocycles. The van der Waals surface area contributed by atoms with Crippen LogP contribution in [0.4, 0.5) is 0 Å². The summed E-state index contributed by atoms with van der Waals surface area (Å²) in [6, 6.07) is 7.26. The quantitative estimate of drug-likeness (QED) is 0.803. The fraction of sp³-hybridized carbons (Fsp3) is 0.357. The standard InChI is InChI=1S/C14H16ClNO2/c15-12-4-1-11(2-5-12)3-6-13(18)16-9-14(10-17)7-8-14/h1-6,17H,7-10H2,(H,16,18)/b6-3+. The van der Waals surface area contributed by atoms with Gasteiger partial charge in [-0.05, 0) is 36.6 Å². The number of carbonyl (C=O) groups is 1. The lowest BCUT2D eigenvalue weighted by Crippen LogP contribution is -2.30. The number of aliphatic hydroxyl groups excluding tert-OH is 1. The Balaban J connectivity index is 1.81. The molecular weight excluding hydrogens is 250 g/mol. The van der Waals surface area contributed by atoms with Gasteiger partial charge < -0.3 is 10.4 Å². The fourth-order valence-electron chi connectivity index (χ4n) is 1.65. The molecule has 2 N–H and O–H groups in total. The number of aliphatic hydroxyl groups is 1. The summed E-state index contributed by atoms with van der Waals surface area (Å²) in [6.07, 6.45) is 5.22. The van der Waals surface area contributed by atoms with E-state index in [1.54, 1.807) is 18.2 Å². The third kappa shape index (κ3) is 3.59. The Kier molecular flexibility index (Phi) is 4.04. The predicted octanol–water partition coefficient (Wildman–Crippen LogP) is 2.24. The average molecular weight is 266 g/mol. The van der Waals surface area contributed by atoms with Crippen LogP contribution in [0.3, 0.4) is 0 Å². The minimum Gasteiger partial charge on any atom is -0.396 e. The van der Waals surface area contributed by atoms with Gasteiger partial charge in [-0.3, -0.25) is 4.79 Å². The number of hydrogen-bond acceptors (Lipinski definition) is 2. The molecule has 1 amide bonds. The summed E-state index contributed by atoms with van der Waals surface area (Å²) in [4.78, 5) is 11.6. The Morgan fingerprint density at radius 3 is 2.61 bits per heavy atom. The number of hydrogen-bond donors (Lipinski definition) is 2. The molecule has 0 radical (unpaired) electrons. The first kappa shape index (κ1) is 13.1. The van der Waals surface area contributed by atoms with Crippen LogP contribution in [0.1, 0.15) is 18.4 Å². The van der Waals surface area contributed by atoms with Crippen molar-refractivity contribution in [2.45, 2.75) is 12.8 Å².